The van der Waals surface area contributed by atoms with E-state index in [2.05, 4.69) is 15.2 Å². The molecule has 15 heavy (non-hydrogen) atoms. The smallest absolute Gasteiger partial charge is 0.301 e. The molecule has 1 unspecified atom stereocenters. The van der Waals surface area contributed by atoms with E-state index in [1.807, 2.05) is 17.5 Å². The fourth-order valence-electron chi connectivity index (χ4n) is 1.02. The summed E-state index contributed by atoms with van der Waals surface area (Å²) in [5.41, 5.74) is 0.978. The molecule has 0 radical (unpaired) electrons. The van der Waals surface area contributed by atoms with Crippen LogP contribution in [0.5, 0.6) is 0 Å². The van der Waals surface area contributed by atoms with Crippen molar-refractivity contribution in [2.45, 2.75) is 4.34 Å². The largest absolute Gasteiger partial charge is 0.609 e. The predicted octanol–water partition coefficient (Wildman–Crippen LogP) is 1.69. The van der Waals surface area contributed by atoms with Crippen LogP contribution in [0.1, 0.15) is 5.56 Å². The molecule has 0 aliphatic heterocycles. The lowest BCUT2D eigenvalue weighted by molar-refractivity contribution is 0.597. The van der Waals surface area contributed by atoms with Gasteiger partial charge in [-0.15, -0.1) is 0 Å². The average Bonchev–Trinajstić information content (AvgIpc) is 2.90. The Morgan fingerprint density at radius 2 is 2.53 bits per heavy atom. The van der Waals surface area contributed by atoms with Crippen LogP contribution in [0.25, 0.3) is 6.08 Å². The number of rotatable bonds is 4. The molecule has 0 aliphatic rings. The van der Waals surface area contributed by atoms with E-state index in [1.165, 1.54) is 11.3 Å². The van der Waals surface area contributed by atoms with E-state index in [0.29, 0.717) is 10.1 Å². The molecule has 2 heterocycles. The number of H-pyrrole nitrogens is 1. The normalized spacial score (nSPS) is 13.4. The summed E-state index contributed by atoms with van der Waals surface area (Å²) in [4.78, 5) is 4.00. The van der Waals surface area contributed by atoms with E-state index in [-0.39, 0.29) is 0 Å². The zero-order chi connectivity index (χ0) is 10.5. The van der Waals surface area contributed by atoms with E-state index >= 15 is 0 Å². The van der Waals surface area contributed by atoms with Crippen molar-refractivity contribution in [2.75, 3.05) is 5.75 Å². The monoisotopic (exact) mass is 239 g/mol. The van der Waals surface area contributed by atoms with E-state index in [4.69, 9.17) is 0 Å². The molecule has 4 nitrogen and oxygen atoms in total. The minimum absolute atomic E-state index is 0.485. The van der Waals surface area contributed by atoms with Gasteiger partial charge in [0.25, 0.3) is 0 Å². The van der Waals surface area contributed by atoms with Crippen molar-refractivity contribution in [3.63, 3.8) is 0 Å². The third-order valence-electron chi connectivity index (χ3n) is 1.68. The number of hydrogen-bond acceptors (Lipinski definition) is 4. The van der Waals surface area contributed by atoms with Crippen molar-refractivity contribution in [3.8, 4) is 0 Å². The van der Waals surface area contributed by atoms with Gasteiger partial charge >= 0.3 is 4.34 Å². The first-order valence-electron chi connectivity index (χ1n) is 4.29. The quantitative estimate of drug-likeness (QED) is 0.826. The molecule has 0 amide bonds. The van der Waals surface area contributed by atoms with Crippen LogP contribution in [0.15, 0.2) is 34.4 Å². The third-order valence-corrected chi connectivity index (χ3v) is 4.08. The van der Waals surface area contributed by atoms with Gasteiger partial charge in [0.05, 0.1) is 6.20 Å². The van der Waals surface area contributed by atoms with Gasteiger partial charge in [-0.2, -0.15) is 5.10 Å². The fraction of sp³-hybridized carbons (Fsp3) is 0.111. The fourth-order valence-corrected chi connectivity index (χ4v) is 2.77. The van der Waals surface area contributed by atoms with Crippen molar-refractivity contribution in [1.29, 1.82) is 0 Å². The molecule has 0 aromatic carbocycles. The Morgan fingerprint density at radius 3 is 3.20 bits per heavy atom. The third kappa shape index (κ3) is 2.92. The van der Waals surface area contributed by atoms with Gasteiger partial charge in [-0.1, -0.05) is 17.4 Å². The summed E-state index contributed by atoms with van der Waals surface area (Å²) in [5.74, 6) is 0.485. The summed E-state index contributed by atoms with van der Waals surface area (Å²) in [6.07, 6.45) is 8.90. The van der Waals surface area contributed by atoms with Crippen molar-refractivity contribution in [2.24, 2.45) is 0 Å². The lowest BCUT2D eigenvalue weighted by atomic mass is 10.3. The topological polar surface area (TPSA) is 64.6 Å². The van der Waals surface area contributed by atoms with Gasteiger partial charge in [0.15, 0.2) is 0 Å². The minimum atomic E-state index is -1.02. The lowest BCUT2D eigenvalue weighted by Gasteiger charge is -2.02. The Balaban J connectivity index is 1.88. The van der Waals surface area contributed by atoms with E-state index in [9.17, 15) is 4.55 Å². The summed E-state index contributed by atoms with van der Waals surface area (Å²) in [6, 6.07) is 0. The van der Waals surface area contributed by atoms with E-state index in [0.717, 1.165) is 5.56 Å². The standard InChI is InChI=1S/C9H9N3OS2/c13-15(9-10-3-4-14-9)5-1-2-8-6-11-12-7-8/h1-4,6-7H,5H2,(H,11,12). The van der Waals surface area contributed by atoms with Crippen LogP contribution >= 0.6 is 11.3 Å². The molecule has 0 spiro atoms. The Bertz CT molecular complexity index is 411. The highest BCUT2D eigenvalue weighted by atomic mass is 32.2. The Hall–Kier alpha value is -1.11. The maximum Gasteiger partial charge on any atom is 0.301 e. The molecule has 0 fully saturated rings. The van der Waals surface area contributed by atoms with E-state index < -0.39 is 11.2 Å². The molecule has 0 bridgehead atoms. The van der Waals surface area contributed by atoms with Crippen LogP contribution in [0.4, 0.5) is 0 Å². The van der Waals surface area contributed by atoms with Crippen molar-refractivity contribution < 1.29 is 4.55 Å². The number of nitrogens with zero attached hydrogens (tertiary/aromatic N) is 2. The number of hydrogen-bond donors (Lipinski definition) is 1. The molecule has 0 saturated heterocycles. The summed E-state index contributed by atoms with van der Waals surface area (Å²) in [5, 5.41) is 8.34. The zero-order valence-electron chi connectivity index (χ0n) is 7.79. The second kappa shape index (κ2) is 5.11. The maximum absolute atomic E-state index is 11.6. The maximum atomic E-state index is 11.6. The molecule has 0 aliphatic carbocycles. The highest BCUT2D eigenvalue weighted by molar-refractivity contribution is 7.93. The van der Waals surface area contributed by atoms with Crippen LogP contribution < -0.4 is 0 Å². The molecule has 2 aromatic heterocycles. The Labute approximate surface area is 94.2 Å². The van der Waals surface area contributed by atoms with Gasteiger partial charge in [-0.25, -0.2) is 4.98 Å². The molecule has 6 heteroatoms. The second-order valence-corrected chi connectivity index (χ2v) is 5.31. The van der Waals surface area contributed by atoms with Crippen molar-refractivity contribution in [1.82, 2.24) is 15.2 Å². The number of nitrogens with one attached hydrogen (secondary N) is 1. The van der Waals surface area contributed by atoms with Crippen LogP contribution in [0.2, 0.25) is 0 Å². The number of aromatic amines is 1. The van der Waals surface area contributed by atoms with E-state index in [1.54, 1.807) is 18.6 Å². The van der Waals surface area contributed by atoms with Crippen LogP contribution in [0.3, 0.4) is 0 Å². The molecule has 1 N–H and O–H groups in total. The number of thiazole rings is 1. The van der Waals surface area contributed by atoms with Crippen molar-refractivity contribution in [3.05, 3.63) is 35.6 Å². The highest BCUT2D eigenvalue weighted by Crippen LogP contribution is 2.14. The van der Waals surface area contributed by atoms with Gasteiger partial charge in [-0.05, 0) is 6.08 Å². The predicted molar refractivity (Wildman–Crippen MR) is 61.0 cm³/mol. The first-order chi connectivity index (χ1) is 7.36. The average molecular weight is 239 g/mol. The number of aromatic nitrogens is 3. The van der Waals surface area contributed by atoms with Gasteiger partial charge in [-0.3, -0.25) is 5.10 Å². The molecular weight excluding hydrogens is 230 g/mol. The summed E-state index contributed by atoms with van der Waals surface area (Å²) >= 11 is 0.391. The second-order valence-electron chi connectivity index (χ2n) is 2.74. The molecule has 2 rings (SSSR count). The summed E-state index contributed by atoms with van der Waals surface area (Å²) in [7, 11) is 0. The van der Waals surface area contributed by atoms with Gasteiger partial charge in [0.1, 0.15) is 5.75 Å². The molecular formula is C9H9N3OS2. The van der Waals surface area contributed by atoms with Gasteiger partial charge in [0.2, 0.25) is 0 Å². The van der Waals surface area contributed by atoms with Crippen LogP contribution in [-0.4, -0.2) is 25.5 Å². The van der Waals surface area contributed by atoms with Crippen LogP contribution in [0, 0.1) is 0 Å². The molecule has 78 valence electrons. The first-order valence-corrected chi connectivity index (χ1v) is 6.49. The summed E-state index contributed by atoms with van der Waals surface area (Å²) < 4.78 is 12.3. The Morgan fingerprint density at radius 1 is 1.60 bits per heavy atom. The minimum Gasteiger partial charge on any atom is -0.609 e. The lowest BCUT2D eigenvalue weighted by Crippen LogP contribution is -2.03. The highest BCUT2D eigenvalue weighted by Gasteiger charge is 2.10. The van der Waals surface area contributed by atoms with Gasteiger partial charge in [0, 0.05) is 34.5 Å². The van der Waals surface area contributed by atoms with Gasteiger partial charge < -0.3 is 4.55 Å². The van der Waals surface area contributed by atoms with Crippen LogP contribution in [-0.2, 0) is 11.2 Å². The molecule has 1 atom stereocenters. The summed E-state index contributed by atoms with van der Waals surface area (Å²) in [6.45, 7) is 0. The SMILES string of the molecule is [O-][S+](CC=Cc1cn[nH]c1)c1nccs1. The van der Waals surface area contributed by atoms with Crippen molar-refractivity contribution >= 4 is 28.6 Å². The zero-order valence-corrected chi connectivity index (χ0v) is 9.42. The molecule has 2 aromatic rings. The Kier molecular flexibility index (Phi) is 3.54. The first kappa shape index (κ1) is 10.4. The molecule has 0 saturated carbocycles.